The Bertz CT molecular complexity index is 422. The first-order chi connectivity index (χ1) is 8.29. The van der Waals surface area contributed by atoms with Crippen molar-refractivity contribution in [2.24, 2.45) is 0 Å². The lowest BCUT2D eigenvalue weighted by atomic mass is 10.1. The van der Waals surface area contributed by atoms with Gasteiger partial charge in [-0.05, 0) is 30.9 Å². The van der Waals surface area contributed by atoms with Crippen LogP contribution in [-0.4, -0.2) is 34.6 Å². The maximum Gasteiger partial charge on any atom is 0.231 e. The van der Waals surface area contributed by atoms with Crippen LogP contribution in [0.3, 0.4) is 0 Å². The molecule has 2 heterocycles. The van der Waals surface area contributed by atoms with Crippen molar-refractivity contribution in [2.45, 2.75) is 19.3 Å². The molecule has 0 bridgehead atoms. The molecule has 17 heavy (non-hydrogen) atoms. The van der Waals surface area contributed by atoms with Gasteiger partial charge in [-0.1, -0.05) is 5.92 Å². The van der Waals surface area contributed by atoms with Crippen LogP contribution in [0.25, 0.3) is 0 Å². The Labute approximate surface area is 106 Å². The molecule has 6 heteroatoms. The molecule has 2 rings (SSSR count). The molecule has 1 saturated heterocycles. The number of hydrogen-bond donors (Lipinski definition) is 1. The van der Waals surface area contributed by atoms with E-state index in [4.69, 9.17) is 18.0 Å². The summed E-state index contributed by atoms with van der Waals surface area (Å²) in [6, 6.07) is 0. The summed E-state index contributed by atoms with van der Waals surface area (Å²) in [4.78, 5) is 14.5. The van der Waals surface area contributed by atoms with E-state index in [1.807, 2.05) is 0 Å². The highest BCUT2D eigenvalue weighted by Gasteiger charge is 2.15. The van der Waals surface area contributed by atoms with Gasteiger partial charge in [0.1, 0.15) is 0 Å². The maximum atomic E-state index is 5.87. The van der Waals surface area contributed by atoms with Gasteiger partial charge in [-0.3, -0.25) is 0 Å². The predicted octanol–water partition coefficient (Wildman–Crippen LogP) is 1.56. The van der Waals surface area contributed by atoms with Crippen molar-refractivity contribution in [3.8, 4) is 12.3 Å². The van der Waals surface area contributed by atoms with E-state index in [1.165, 1.54) is 6.42 Å². The number of hydrogen-bond acceptors (Lipinski definition) is 5. The standard InChI is InChI=1S/C11H14ClN5/c1-2-6-13-10-14-9(12)15-11(16-10)17-7-4-3-5-8-17/h1H,3-8H2,(H,13,14,15,16). The highest BCUT2D eigenvalue weighted by Crippen LogP contribution is 2.18. The van der Waals surface area contributed by atoms with E-state index in [0.29, 0.717) is 18.4 Å². The number of anilines is 2. The van der Waals surface area contributed by atoms with E-state index in [0.717, 1.165) is 25.9 Å². The zero-order chi connectivity index (χ0) is 12.1. The van der Waals surface area contributed by atoms with Gasteiger partial charge in [0.05, 0.1) is 6.54 Å². The van der Waals surface area contributed by atoms with Crippen molar-refractivity contribution in [2.75, 3.05) is 29.9 Å². The molecule has 1 fully saturated rings. The number of halogens is 1. The summed E-state index contributed by atoms with van der Waals surface area (Å²) in [5, 5.41) is 3.10. The van der Waals surface area contributed by atoms with E-state index in [-0.39, 0.29) is 5.28 Å². The molecule has 0 aromatic carbocycles. The first-order valence-electron chi connectivity index (χ1n) is 5.63. The van der Waals surface area contributed by atoms with Crippen molar-refractivity contribution >= 4 is 23.5 Å². The predicted molar refractivity (Wildman–Crippen MR) is 68.2 cm³/mol. The number of terminal acetylenes is 1. The van der Waals surface area contributed by atoms with E-state index in [9.17, 15) is 0 Å². The lowest BCUT2D eigenvalue weighted by Gasteiger charge is -2.26. The second-order valence-electron chi connectivity index (χ2n) is 3.83. The van der Waals surface area contributed by atoms with Crippen molar-refractivity contribution in [1.82, 2.24) is 15.0 Å². The van der Waals surface area contributed by atoms with Gasteiger partial charge in [0.25, 0.3) is 0 Å². The van der Waals surface area contributed by atoms with Crippen LogP contribution in [0.4, 0.5) is 11.9 Å². The van der Waals surface area contributed by atoms with Crippen molar-refractivity contribution in [1.29, 1.82) is 0 Å². The Kier molecular flexibility index (Phi) is 3.99. The van der Waals surface area contributed by atoms with Gasteiger partial charge in [0.15, 0.2) is 0 Å². The highest BCUT2D eigenvalue weighted by atomic mass is 35.5. The smallest absolute Gasteiger partial charge is 0.231 e. The van der Waals surface area contributed by atoms with Crippen molar-refractivity contribution < 1.29 is 0 Å². The molecule has 90 valence electrons. The first-order valence-corrected chi connectivity index (χ1v) is 6.01. The van der Waals surface area contributed by atoms with Gasteiger partial charge >= 0.3 is 0 Å². The van der Waals surface area contributed by atoms with Gasteiger partial charge in [0.2, 0.25) is 17.2 Å². The van der Waals surface area contributed by atoms with Crippen LogP contribution in [0.1, 0.15) is 19.3 Å². The molecule has 1 aliphatic rings. The van der Waals surface area contributed by atoms with Gasteiger partial charge < -0.3 is 10.2 Å². The average Bonchev–Trinajstić information content (AvgIpc) is 2.37. The summed E-state index contributed by atoms with van der Waals surface area (Å²) < 4.78 is 0. The molecule has 0 spiro atoms. The van der Waals surface area contributed by atoms with Crippen molar-refractivity contribution in [3.63, 3.8) is 0 Å². The number of aromatic nitrogens is 3. The summed E-state index contributed by atoms with van der Waals surface area (Å²) in [5.41, 5.74) is 0. The maximum absolute atomic E-state index is 5.87. The quantitative estimate of drug-likeness (QED) is 0.827. The first kappa shape index (κ1) is 11.9. The van der Waals surface area contributed by atoms with Crippen LogP contribution >= 0.6 is 11.6 Å². The van der Waals surface area contributed by atoms with Gasteiger partial charge in [-0.15, -0.1) is 6.42 Å². The summed E-state index contributed by atoms with van der Waals surface area (Å²) in [6.45, 7) is 2.31. The molecular formula is C11H14ClN5. The number of nitrogens with one attached hydrogen (secondary N) is 1. The van der Waals surface area contributed by atoms with Gasteiger partial charge in [-0.2, -0.15) is 15.0 Å². The Morgan fingerprint density at radius 1 is 1.24 bits per heavy atom. The van der Waals surface area contributed by atoms with Crippen LogP contribution in [0.5, 0.6) is 0 Å². The minimum atomic E-state index is 0.195. The molecule has 0 amide bonds. The minimum absolute atomic E-state index is 0.195. The fourth-order valence-electron chi connectivity index (χ4n) is 1.78. The van der Waals surface area contributed by atoms with Crippen LogP contribution < -0.4 is 10.2 Å². The Morgan fingerprint density at radius 2 is 2.00 bits per heavy atom. The second-order valence-corrected chi connectivity index (χ2v) is 4.17. The van der Waals surface area contributed by atoms with E-state index >= 15 is 0 Å². The Morgan fingerprint density at radius 3 is 2.71 bits per heavy atom. The third-order valence-corrected chi connectivity index (χ3v) is 2.75. The van der Waals surface area contributed by atoms with E-state index < -0.39 is 0 Å². The lowest BCUT2D eigenvalue weighted by Crippen LogP contribution is -2.31. The number of piperidine rings is 1. The molecule has 1 aromatic rings. The van der Waals surface area contributed by atoms with Crippen LogP contribution in [-0.2, 0) is 0 Å². The molecule has 0 atom stereocenters. The highest BCUT2D eigenvalue weighted by molar-refractivity contribution is 6.28. The normalized spacial score (nSPS) is 15.4. The van der Waals surface area contributed by atoms with Gasteiger partial charge in [-0.25, -0.2) is 0 Å². The molecule has 0 aliphatic carbocycles. The lowest BCUT2D eigenvalue weighted by molar-refractivity contribution is 0.567. The fraction of sp³-hybridized carbons (Fsp3) is 0.545. The SMILES string of the molecule is C#CCNc1nc(Cl)nc(N2CCCCC2)n1. The second kappa shape index (κ2) is 5.69. The van der Waals surface area contributed by atoms with Crippen LogP contribution in [0.2, 0.25) is 5.28 Å². The number of nitrogens with zero attached hydrogens (tertiary/aromatic N) is 4. The summed E-state index contributed by atoms with van der Waals surface area (Å²) in [7, 11) is 0. The van der Waals surface area contributed by atoms with Crippen LogP contribution in [0, 0.1) is 12.3 Å². The third-order valence-electron chi connectivity index (χ3n) is 2.58. The van der Waals surface area contributed by atoms with Crippen LogP contribution in [0.15, 0.2) is 0 Å². The summed E-state index contributed by atoms with van der Waals surface area (Å²) >= 11 is 5.87. The molecule has 0 radical (unpaired) electrons. The van der Waals surface area contributed by atoms with E-state index in [1.54, 1.807) is 0 Å². The molecule has 1 aromatic heterocycles. The van der Waals surface area contributed by atoms with Gasteiger partial charge in [0, 0.05) is 13.1 Å². The molecule has 0 saturated carbocycles. The summed E-state index contributed by atoms with van der Waals surface area (Å²) in [5.74, 6) is 3.53. The monoisotopic (exact) mass is 251 g/mol. The van der Waals surface area contributed by atoms with Crippen molar-refractivity contribution in [3.05, 3.63) is 5.28 Å². The Hall–Kier alpha value is -1.54. The Balaban J connectivity index is 2.15. The topological polar surface area (TPSA) is 53.9 Å². The molecule has 1 aliphatic heterocycles. The average molecular weight is 252 g/mol. The largest absolute Gasteiger partial charge is 0.343 e. The fourth-order valence-corrected chi connectivity index (χ4v) is 1.94. The summed E-state index contributed by atoms with van der Waals surface area (Å²) in [6.07, 6.45) is 8.76. The number of rotatable bonds is 3. The third kappa shape index (κ3) is 3.21. The molecule has 0 unspecified atom stereocenters. The zero-order valence-corrected chi connectivity index (χ0v) is 10.2. The molecular weight excluding hydrogens is 238 g/mol. The molecule has 1 N–H and O–H groups in total. The minimum Gasteiger partial charge on any atom is -0.343 e. The van der Waals surface area contributed by atoms with E-state index in [2.05, 4.69) is 31.1 Å². The molecule has 5 nitrogen and oxygen atoms in total. The zero-order valence-electron chi connectivity index (χ0n) is 9.49.